The van der Waals surface area contributed by atoms with E-state index in [9.17, 15) is 0 Å². The summed E-state index contributed by atoms with van der Waals surface area (Å²) in [4.78, 5) is 0. The molecule has 0 saturated carbocycles. The second-order valence-corrected chi connectivity index (χ2v) is 5.98. The van der Waals surface area contributed by atoms with Crippen LogP contribution in [0.25, 0.3) is 0 Å². The maximum absolute atomic E-state index is 6.41. The van der Waals surface area contributed by atoms with Gasteiger partial charge in [-0.3, -0.25) is 0 Å². The van der Waals surface area contributed by atoms with E-state index in [-0.39, 0.29) is 5.41 Å². The van der Waals surface area contributed by atoms with Crippen molar-refractivity contribution >= 4 is 11.6 Å². The standard InChI is InChI=1S/C16H26ClNO2/c1-6-8-18-9-7-16(2,3)12-10-14(19-4)15(20-5)11-13(12)17/h10-11,18H,6-9H2,1-5H3. The maximum Gasteiger partial charge on any atom is 0.162 e. The van der Waals surface area contributed by atoms with Crippen molar-refractivity contribution in [3.05, 3.63) is 22.7 Å². The molecule has 0 aliphatic carbocycles. The lowest BCUT2D eigenvalue weighted by Gasteiger charge is -2.27. The van der Waals surface area contributed by atoms with Crippen LogP contribution in [0, 0.1) is 0 Å². The molecule has 0 aromatic heterocycles. The zero-order valence-electron chi connectivity index (χ0n) is 13.2. The highest BCUT2D eigenvalue weighted by molar-refractivity contribution is 6.31. The summed E-state index contributed by atoms with van der Waals surface area (Å²) < 4.78 is 10.6. The normalized spacial score (nSPS) is 11.5. The van der Waals surface area contributed by atoms with Crippen LogP contribution in [0.1, 0.15) is 39.2 Å². The minimum absolute atomic E-state index is 0.0165. The Morgan fingerprint density at radius 2 is 1.70 bits per heavy atom. The summed E-state index contributed by atoms with van der Waals surface area (Å²) in [6.45, 7) is 8.60. The molecule has 0 heterocycles. The SMILES string of the molecule is CCCNCCC(C)(C)c1cc(OC)c(OC)cc1Cl. The molecule has 0 saturated heterocycles. The van der Waals surface area contributed by atoms with Crippen LogP contribution in [0.15, 0.2) is 12.1 Å². The number of nitrogens with one attached hydrogen (secondary N) is 1. The average Bonchev–Trinajstić information content (AvgIpc) is 2.43. The van der Waals surface area contributed by atoms with Crippen molar-refractivity contribution in [2.24, 2.45) is 0 Å². The van der Waals surface area contributed by atoms with Gasteiger partial charge in [-0.25, -0.2) is 0 Å². The van der Waals surface area contributed by atoms with Crippen LogP contribution in [0.2, 0.25) is 5.02 Å². The lowest BCUT2D eigenvalue weighted by atomic mass is 9.81. The molecule has 0 aliphatic heterocycles. The fourth-order valence-corrected chi connectivity index (χ4v) is 2.62. The Balaban J connectivity index is 2.93. The van der Waals surface area contributed by atoms with Gasteiger partial charge in [-0.2, -0.15) is 0 Å². The second kappa shape index (κ2) is 7.75. The Morgan fingerprint density at radius 1 is 1.10 bits per heavy atom. The summed E-state index contributed by atoms with van der Waals surface area (Å²) in [6.07, 6.45) is 2.17. The Hall–Kier alpha value is -0.930. The Bertz CT molecular complexity index is 433. The van der Waals surface area contributed by atoms with Gasteiger partial charge in [0.05, 0.1) is 14.2 Å². The molecule has 20 heavy (non-hydrogen) atoms. The summed E-state index contributed by atoms with van der Waals surface area (Å²) in [5.41, 5.74) is 1.08. The summed E-state index contributed by atoms with van der Waals surface area (Å²) in [5, 5.41) is 4.16. The van der Waals surface area contributed by atoms with Gasteiger partial charge in [-0.05, 0) is 43.0 Å². The molecule has 1 N–H and O–H groups in total. The minimum atomic E-state index is -0.0165. The third-order valence-electron chi connectivity index (χ3n) is 3.56. The van der Waals surface area contributed by atoms with E-state index in [1.807, 2.05) is 12.1 Å². The Kier molecular flexibility index (Phi) is 6.63. The van der Waals surface area contributed by atoms with E-state index in [0.29, 0.717) is 5.75 Å². The number of benzene rings is 1. The first kappa shape index (κ1) is 17.1. The molecule has 0 amide bonds. The van der Waals surface area contributed by atoms with Crippen LogP contribution in [0.3, 0.4) is 0 Å². The number of hydrogen-bond acceptors (Lipinski definition) is 3. The van der Waals surface area contributed by atoms with Gasteiger partial charge in [-0.15, -0.1) is 0 Å². The van der Waals surface area contributed by atoms with Gasteiger partial charge in [-0.1, -0.05) is 32.4 Å². The van der Waals surface area contributed by atoms with Crippen molar-refractivity contribution in [3.8, 4) is 11.5 Å². The number of methoxy groups -OCH3 is 2. The fourth-order valence-electron chi connectivity index (χ4n) is 2.21. The summed E-state index contributed by atoms with van der Waals surface area (Å²) in [7, 11) is 3.26. The van der Waals surface area contributed by atoms with Crippen LogP contribution in [0.5, 0.6) is 11.5 Å². The molecule has 0 fully saturated rings. The molecule has 1 aromatic carbocycles. The third-order valence-corrected chi connectivity index (χ3v) is 3.87. The highest BCUT2D eigenvalue weighted by atomic mass is 35.5. The summed E-state index contributed by atoms with van der Waals surface area (Å²) in [5.74, 6) is 1.39. The van der Waals surface area contributed by atoms with E-state index in [1.165, 1.54) is 0 Å². The predicted molar refractivity (Wildman–Crippen MR) is 85.4 cm³/mol. The van der Waals surface area contributed by atoms with Crippen molar-refractivity contribution in [1.82, 2.24) is 5.32 Å². The molecule has 0 spiro atoms. The topological polar surface area (TPSA) is 30.5 Å². The molecule has 3 nitrogen and oxygen atoms in total. The molecule has 0 unspecified atom stereocenters. The lowest BCUT2D eigenvalue weighted by Crippen LogP contribution is -2.26. The Morgan fingerprint density at radius 3 is 2.25 bits per heavy atom. The van der Waals surface area contributed by atoms with E-state index in [4.69, 9.17) is 21.1 Å². The van der Waals surface area contributed by atoms with Crippen LogP contribution in [0.4, 0.5) is 0 Å². The van der Waals surface area contributed by atoms with Gasteiger partial charge in [0.25, 0.3) is 0 Å². The molecular formula is C16H26ClNO2. The van der Waals surface area contributed by atoms with Gasteiger partial charge in [0, 0.05) is 11.1 Å². The van der Waals surface area contributed by atoms with Crippen molar-refractivity contribution in [2.45, 2.75) is 39.0 Å². The zero-order chi connectivity index (χ0) is 15.2. The molecule has 1 rings (SSSR count). The van der Waals surface area contributed by atoms with Gasteiger partial charge in [0.15, 0.2) is 11.5 Å². The van der Waals surface area contributed by atoms with E-state index in [2.05, 4.69) is 26.1 Å². The largest absolute Gasteiger partial charge is 0.493 e. The molecule has 1 aromatic rings. The number of halogens is 1. The lowest BCUT2D eigenvalue weighted by molar-refractivity contribution is 0.352. The summed E-state index contributed by atoms with van der Waals surface area (Å²) >= 11 is 6.41. The van der Waals surface area contributed by atoms with Gasteiger partial charge in [0.2, 0.25) is 0 Å². The molecule has 0 atom stereocenters. The van der Waals surface area contributed by atoms with Crippen LogP contribution < -0.4 is 14.8 Å². The van der Waals surface area contributed by atoms with Crippen LogP contribution >= 0.6 is 11.6 Å². The third kappa shape index (κ3) is 4.29. The number of ether oxygens (including phenoxy) is 2. The van der Waals surface area contributed by atoms with Crippen molar-refractivity contribution in [1.29, 1.82) is 0 Å². The first-order valence-electron chi connectivity index (χ1n) is 7.09. The molecule has 0 aliphatic rings. The van der Waals surface area contributed by atoms with Crippen LogP contribution in [-0.2, 0) is 5.41 Å². The van der Waals surface area contributed by atoms with Crippen molar-refractivity contribution in [3.63, 3.8) is 0 Å². The first-order valence-corrected chi connectivity index (χ1v) is 7.46. The molecular weight excluding hydrogens is 274 g/mol. The maximum atomic E-state index is 6.41. The highest BCUT2D eigenvalue weighted by Crippen LogP contribution is 2.39. The van der Waals surface area contributed by atoms with Gasteiger partial charge >= 0.3 is 0 Å². The van der Waals surface area contributed by atoms with Gasteiger partial charge < -0.3 is 14.8 Å². The monoisotopic (exact) mass is 299 g/mol. The van der Waals surface area contributed by atoms with Crippen LogP contribution in [-0.4, -0.2) is 27.3 Å². The molecule has 114 valence electrons. The number of hydrogen-bond donors (Lipinski definition) is 1. The smallest absolute Gasteiger partial charge is 0.162 e. The minimum Gasteiger partial charge on any atom is -0.493 e. The van der Waals surface area contributed by atoms with E-state index in [0.717, 1.165) is 42.3 Å². The van der Waals surface area contributed by atoms with Crippen molar-refractivity contribution in [2.75, 3.05) is 27.3 Å². The summed E-state index contributed by atoms with van der Waals surface area (Å²) in [6, 6.07) is 3.82. The first-order chi connectivity index (χ1) is 9.46. The predicted octanol–water partition coefficient (Wildman–Crippen LogP) is 4.02. The quantitative estimate of drug-likeness (QED) is 0.735. The van der Waals surface area contributed by atoms with E-state index < -0.39 is 0 Å². The number of rotatable bonds is 8. The molecule has 4 heteroatoms. The zero-order valence-corrected chi connectivity index (χ0v) is 13.9. The fraction of sp³-hybridized carbons (Fsp3) is 0.625. The van der Waals surface area contributed by atoms with Crippen molar-refractivity contribution < 1.29 is 9.47 Å². The van der Waals surface area contributed by atoms with Gasteiger partial charge in [0.1, 0.15) is 0 Å². The molecule has 0 bridgehead atoms. The Labute approximate surface area is 127 Å². The highest BCUT2D eigenvalue weighted by Gasteiger charge is 2.25. The second-order valence-electron chi connectivity index (χ2n) is 5.57. The van der Waals surface area contributed by atoms with E-state index in [1.54, 1.807) is 14.2 Å². The molecule has 0 radical (unpaired) electrons. The van der Waals surface area contributed by atoms with E-state index >= 15 is 0 Å². The average molecular weight is 300 g/mol.